The van der Waals surface area contributed by atoms with E-state index >= 15 is 0 Å². The van der Waals surface area contributed by atoms with Gasteiger partial charge in [0.2, 0.25) is 0 Å². The van der Waals surface area contributed by atoms with Crippen molar-refractivity contribution in [3.05, 3.63) is 125 Å². The van der Waals surface area contributed by atoms with Gasteiger partial charge in [-0.25, -0.2) is 0 Å². The molecule has 5 aromatic rings. The lowest BCUT2D eigenvalue weighted by atomic mass is 9.70. The minimum absolute atomic E-state index is 0.0796. The van der Waals surface area contributed by atoms with Gasteiger partial charge < -0.3 is 9.76 Å². The number of hydrogen-bond acceptors (Lipinski definition) is 2. The van der Waals surface area contributed by atoms with Gasteiger partial charge in [0.25, 0.3) is 0 Å². The number of hydrogen-bond donors (Lipinski definition) is 1. The van der Waals surface area contributed by atoms with Gasteiger partial charge in [-0.3, -0.25) is 0 Å². The molecule has 309 valence electrons. The molecule has 0 heterocycles. The first-order valence-electron chi connectivity index (χ1n) is 23.2. The molecule has 2 aliphatic rings. The van der Waals surface area contributed by atoms with E-state index in [9.17, 15) is 5.11 Å². The van der Waals surface area contributed by atoms with Gasteiger partial charge in [0.1, 0.15) is 0 Å². The molecule has 7 rings (SSSR count). The van der Waals surface area contributed by atoms with E-state index < -0.39 is 11.2 Å². The Bertz CT molecular complexity index is 2180. The number of rotatable bonds is 20. The summed E-state index contributed by atoms with van der Waals surface area (Å²) in [6, 6.07) is 39.7. The summed E-state index contributed by atoms with van der Waals surface area (Å²) in [5, 5.41) is 10.5. The van der Waals surface area contributed by atoms with Crippen molar-refractivity contribution in [1.82, 2.24) is 0 Å². The van der Waals surface area contributed by atoms with Gasteiger partial charge in [-0.05, 0) is 125 Å². The molecule has 0 atom stereocenters. The molecule has 2 aliphatic carbocycles. The maximum atomic E-state index is 10.5. The highest BCUT2D eigenvalue weighted by molar-refractivity contribution is 6.47. The molecule has 0 aromatic heterocycles. The summed E-state index contributed by atoms with van der Waals surface area (Å²) in [6.45, 7) is 16.8. The Hall–Kier alpha value is -3.92. The van der Waals surface area contributed by atoms with E-state index in [0.29, 0.717) is 0 Å². The van der Waals surface area contributed by atoms with Gasteiger partial charge in [-0.15, -0.1) is 0 Å². The molecular formula is C56H70BO2. The van der Waals surface area contributed by atoms with Gasteiger partial charge in [-0.2, -0.15) is 0 Å². The predicted molar refractivity (Wildman–Crippen MR) is 254 cm³/mol. The van der Waals surface area contributed by atoms with E-state index in [2.05, 4.69) is 131 Å². The summed E-state index contributed by atoms with van der Waals surface area (Å²) in [7, 11) is 1.76. The monoisotopic (exact) mass is 786 g/mol. The zero-order chi connectivity index (χ0) is 41.8. The third kappa shape index (κ3) is 8.81. The summed E-state index contributed by atoms with van der Waals surface area (Å²) < 4.78 is 6.02. The summed E-state index contributed by atoms with van der Waals surface area (Å²) in [6.07, 6.45) is 18.5. The van der Waals surface area contributed by atoms with E-state index in [1.165, 1.54) is 146 Å². The van der Waals surface area contributed by atoms with Crippen LogP contribution in [0.15, 0.2) is 103 Å². The van der Waals surface area contributed by atoms with Crippen molar-refractivity contribution < 1.29 is 9.76 Å². The highest BCUT2D eigenvalue weighted by Gasteiger charge is 2.43. The normalized spacial score (nSPS) is 14.8. The van der Waals surface area contributed by atoms with E-state index in [4.69, 9.17) is 4.65 Å². The van der Waals surface area contributed by atoms with Gasteiger partial charge in [0.05, 0.1) is 11.2 Å². The molecule has 1 radical (unpaired) electrons. The minimum atomic E-state index is -0.960. The number of aliphatic hydroxyl groups is 1. The molecule has 0 unspecified atom stereocenters. The fourth-order valence-corrected chi connectivity index (χ4v) is 9.92. The Morgan fingerprint density at radius 1 is 0.492 bits per heavy atom. The average Bonchev–Trinajstić information content (AvgIpc) is 3.63. The van der Waals surface area contributed by atoms with E-state index in [0.717, 1.165) is 5.46 Å². The first-order chi connectivity index (χ1) is 28.3. The average molecular weight is 786 g/mol. The Morgan fingerprint density at radius 2 is 0.915 bits per heavy atom. The second kappa shape index (κ2) is 18.0. The highest BCUT2D eigenvalue weighted by Crippen LogP contribution is 2.56. The molecule has 0 amide bonds. The molecular weight excluding hydrogens is 715 g/mol. The Labute approximate surface area is 358 Å². The van der Waals surface area contributed by atoms with Crippen LogP contribution in [0.5, 0.6) is 0 Å². The molecule has 0 saturated heterocycles. The number of fused-ring (bicyclic) bond motifs is 6. The summed E-state index contributed by atoms with van der Waals surface area (Å²) >= 11 is 0. The molecule has 0 fully saturated rings. The van der Waals surface area contributed by atoms with Crippen LogP contribution in [-0.2, 0) is 15.5 Å². The molecule has 0 spiro atoms. The zero-order valence-electron chi connectivity index (χ0n) is 37.6. The van der Waals surface area contributed by atoms with Crippen molar-refractivity contribution in [2.45, 2.75) is 167 Å². The first kappa shape index (κ1) is 43.2. The summed E-state index contributed by atoms with van der Waals surface area (Å²) in [5.41, 5.74) is 15.9. The van der Waals surface area contributed by atoms with Crippen LogP contribution in [0.3, 0.4) is 0 Å². The molecule has 0 saturated carbocycles. The quantitative estimate of drug-likeness (QED) is 0.0629. The van der Waals surface area contributed by atoms with Crippen molar-refractivity contribution in [2.24, 2.45) is 0 Å². The van der Waals surface area contributed by atoms with Crippen LogP contribution < -0.4 is 5.46 Å². The SMILES string of the molecule is CCCCCCCCC1(CCCCCCCC)c2ccccc2-c2ccc(-c3ccc4c(c3)C(C)(C)c3cc(-c5ccc([B]OC(C)(C)C(C)(C)O)cc5)ccc3-4)cc21. The smallest absolute Gasteiger partial charge is 0.330 e. The van der Waals surface area contributed by atoms with E-state index in [1.54, 1.807) is 32.5 Å². The lowest BCUT2D eigenvalue weighted by Gasteiger charge is -2.37. The van der Waals surface area contributed by atoms with Crippen LogP contribution in [0, 0.1) is 0 Å². The molecule has 1 N–H and O–H groups in total. The highest BCUT2D eigenvalue weighted by atomic mass is 16.5. The lowest BCUT2D eigenvalue weighted by molar-refractivity contribution is -0.0893. The summed E-state index contributed by atoms with van der Waals surface area (Å²) in [5.74, 6) is 0. The standard InChI is InChI=1S/C56H70BO2/c1-9-11-13-15-17-21-35-56(36-22-18-16-14-12-10-2)49-24-20-19-23-45(49)48-34-29-43(39-52(48)56)42-28-33-47-46-32-27-41(37-50(46)53(3,4)51(47)38-42)40-25-30-44(31-26-40)57-59-55(7,8)54(5,6)58/h19-20,23-34,37-39,58H,9-18,21-22,35-36H2,1-8H3. The molecule has 0 aliphatic heterocycles. The predicted octanol–water partition coefficient (Wildman–Crippen LogP) is 14.9. The largest absolute Gasteiger partial charge is 0.427 e. The van der Waals surface area contributed by atoms with Crippen LogP contribution in [0.4, 0.5) is 0 Å². The maximum Gasteiger partial charge on any atom is 0.330 e. The fourth-order valence-electron chi connectivity index (χ4n) is 9.92. The van der Waals surface area contributed by atoms with Crippen LogP contribution in [-0.4, -0.2) is 23.8 Å². The van der Waals surface area contributed by atoms with Gasteiger partial charge in [0.15, 0.2) is 0 Å². The fraction of sp³-hybridized carbons (Fsp3) is 0.464. The third-order valence-electron chi connectivity index (χ3n) is 14.4. The Balaban J connectivity index is 1.16. The Morgan fingerprint density at radius 3 is 1.44 bits per heavy atom. The zero-order valence-corrected chi connectivity index (χ0v) is 37.6. The lowest BCUT2D eigenvalue weighted by Crippen LogP contribution is -2.49. The van der Waals surface area contributed by atoms with Crippen molar-refractivity contribution >= 4 is 12.9 Å². The van der Waals surface area contributed by atoms with Crippen LogP contribution in [0.25, 0.3) is 44.5 Å². The van der Waals surface area contributed by atoms with Crippen LogP contribution in [0.2, 0.25) is 0 Å². The minimum Gasteiger partial charge on any atom is -0.427 e. The van der Waals surface area contributed by atoms with Crippen molar-refractivity contribution in [2.75, 3.05) is 0 Å². The molecule has 3 heteroatoms. The van der Waals surface area contributed by atoms with Gasteiger partial charge in [-0.1, -0.05) is 195 Å². The summed E-state index contributed by atoms with van der Waals surface area (Å²) in [4.78, 5) is 0. The van der Waals surface area contributed by atoms with Gasteiger partial charge in [0, 0.05) is 10.8 Å². The number of unbranched alkanes of at least 4 members (excludes halogenated alkanes) is 10. The first-order valence-corrected chi connectivity index (χ1v) is 23.2. The molecule has 2 nitrogen and oxygen atoms in total. The molecule has 59 heavy (non-hydrogen) atoms. The topological polar surface area (TPSA) is 29.5 Å². The molecule has 0 bridgehead atoms. The van der Waals surface area contributed by atoms with Crippen molar-refractivity contribution in [1.29, 1.82) is 0 Å². The molecule has 5 aromatic carbocycles. The van der Waals surface area contributed by atoms with Crippen molar-refractivity contribution in [3.8, 4) is 44.5 Å². The van der Waals surface area contributed by atoms with E-state index in [1.807, 2.05) is 13.8 Å². The third-order valence-corrected chi connectivity index (χ3v) is 14.4. The van der Waals surface area contributed by atoms with Gasteiger partial charge >= 0.3 is 7.48 Å². The van der Waals surface area contributed by atoms with Crippen molar-refractivity contribution in [3.63, 3.8) is 0 Å². The van der Waals surface area contributed by atoms with Crippen LogP contribution in [0.1, 0.15) is 168 Å². The van der Waals surface area contributed by atoms with Crippen LogP contribution >= 0.6 is 0 Å². The number of benzene rings is 5. The second-order valence-corrected chi connectivity index (χ2v) is 19.5. The Kier molecular flexibility index (Phi) is 13.2. The maximum absolute atomic E-state index is 10.5. The second-order valence-electron chi connectivity index (χ2n) is 19.5. The van der Waals surface area contributed by atoms with E-state index in [-0.39, 0.29) is 10.8 Å².